The molecule has 104 valence electrons. The highest BCUT2D eigenvalue weighted by atomic mass is 35.5. The molecule has 8 heteroatoms. The zero-order chi connectivity index (χ0) is 14.2. The van der Waals surface area contributed by atoms with Crippen LogP contribution < -0.4 is 5.32 Å². The van der Waals surface area contributed by atoms with E-state index in [9.17, 15) is 9.59 Å². The summed E-state index contributed by atoms with van der Waals surface area (Å²) in [7, 11) is 1.60. The molecule has 2 N–H and O–H groups in total. The van der Waals surface area contributed by atoms with E-state index in [1.807, 2.05) is 0 Å². The smallest absolute Gasteiger partial charge is 0.311 e. The summed E-state index contributed by atoms with van der Waals surface area (Å²) in [5, 5.41) is 12.1. The number of carboxylic acids is 1. The molecule has 1 aromatic rings. The number of carbonyl (C=O) groups is 2. The lowest BCUT2D eigenvalue weighted by Crippen LogP contribution is -2.43. The fourth-order valence-electron chi connectivity index (χ4n) is 1.94. The molecule has 0 bridgehead atoms. The number of nitrogens with one attached hydrogen (secondary N) is 1. The molecule has 2 atom stereocenters. The lowest BCUT2D eigenvalue weighted by atomic mass is 10.0. The molecular formula is C11H12Cl2N2O4. The minimum Gasteiger partial charge on any atom is -0.481 e. The highest BCUT2D eigenvalue weighted by Gasteiger charge is 2.35. The van der Waals surface area contributed by atoms with Gasteiger partial charge in [0, 0.05) is 7.05 Å². The van der Waals surface area contributed by atoms with Crippen LogP contribution in [0.1, 0.15) is 10.5 Å². The third-order valence-electron chi connectivity index (χ3n) is 3.06. The second-order valence-electron chi connectivity index (χ2n) is 4.29. The number of nitrogens with zero attached hydrogens (tertiary/aromatic N) is 1. The summed E-state index contributed by atoms with van der Waals surface area (Å²) >= 11 is 11.7. The van der Waals surface area contributed by atoms with Crippen LogP contribution >= 0.6 is 23.2 Å². The number of halogens is 2. The third kappa shape index (κ3) is 2.70. The molecule has 1 fully saturated rings. The maximum absolute atomic E-state index is 12.1. The van der Waals surface area contributed by atoms with Gasteiger partial charge in [0.05, 0.1) is 24.3 Å². The molecule has 6 nitrogen and oxygen atoms in total. The first kappa shape index (κ1) is 14.2. The van der Waals surface area contributed by atoms with E-state index in [-0.39, 0.29) is 29.1 Å². The highest BCUT2D eigenvalue weighted by molar-refractivity contribution is 6.41. The van der Waals surface area contributed by atoms with Crippen LogP contribution in [0.5, 0.6) is 0 Å². The number of aromatic nitrogens is 1. The van der Waals surface area contributed by atoms with Crippen LogP contribution in [-0.4, -0.2) is 40.8 Å². The van der Waals surface area contributed by atoms with Crippen molar-refractivity contribution in [3.8, 4) is 0 Å². The van der Waals surface area contributed by atoms with Crippen LogP contribution in [0.4, 0.5) is 0 Å². The summed E-state index contributed by atoms with van der Waals surface area (Å²) in [5.74, 6) is -2.17. The first-order valence-corrected chi connectivity index (χ1v) is 6.29. The van der Waals surface area contributed by atoms with Gasteiger partial charge in [-0.1, -0.05) is 23.2 Å². The second kappa shape index (κ2) is 5.40. The summed E-state index contributed by atoms with van der Waals surface area (Å²) in [4.78, 5) is 23.0. The molecule has 2 unspecified atom stereocenters. The van der Waals surface area contributed by atoms with E-state index in [0.717, 1.165) is 0 Å². The van der Waals surface area contributed by atoms with Crippen LogP contribution in [0.15, 0.2) is 6.07 Å². The van der Waals surface area contributed by atoms with Crippen molar-refractivity contribution in [2.24, 2.45) is 13.0 Å². The Hall–Kier alpha value is -1.24. The van der Waals surface area contributed by atoms with Gasteiger partial charge in [-0.25, -0.2) is 0 Å². The molecule has 2 rings (SSSR count). The molecule has 0 radical (unpaired) electrons. The van der Waals surface area contributed by atoms with E-state index in [2.05, 4.69) is 5.32 Å². The Bertz CT molecular complexity index is 529. The topological polar surface area (TPSA) is 80.6 Å². The van der Waals surface area contributed by atoms with Crippen LogP contribution in [0, 0.1) is 5.92 Å². The normalized spacial score (nSPS) is 22.5. The Morgan fingerprint density at radius 2 is 2.16 bits per heavy atom. The van der Waals surface area contributed by atoms with Crippen LogP contribution in [0.3, 0.4) is 0 Å². The Labute approximate surface area is 119 Å². The zero-order valence-electron chi connectivity index (χ0n) is 10.0. The van der Waals surface area contributed by atoms with Crippen molar-refractivity contribution in [3.63, 3.8) is 0 Å². The van der Waals surface area contributed by atoms with Gasteiger partial charge in [-0.3, -0.25) is 9.59 Å². The van der Waals surface area contributed by atoms with Crippen LogP contribution in [-0.2, 0) is 16.6 Å². The monoisotopic (exact) mass is 306 g/mol. The Kier molecular flexibility index (Phi) is 4.03. The van der Waals surface area contributed by atoms with Crippen molar-refractivity contribution in [2.75, 3.05) is 13.2 Å². The van der Waals surface area contributed by atoms with E-state index < -0.39 is 23.8 Å². The second-order valence-corrected chi connectivity index (χ2v) is 5.05. The molecule has 2 heterocycles. The van der Waals surface area contributed by atoms with E-state index in [0.29, 0.717) is 0 Å². The number of rotatable bonds is 3. The van der Waals surface area contributed by atoms with Crippen molar-refractivity contribution in [2.45, 2.75) is 6.04 Å². The maximum atomic E-state index is 12.1. The Morgan fingerprint density at radius 3 is 2.68 bits per heavy atom. The van der Waals surface area contributed by atoms with Crippen LogP contribution in [0.2, 0.25) is 10.2 Å². The number of hydrogen-bond donors (Lipinski definition) is 2. The van der Waals surface area contributed by atoms with Gasteiger partial charge in [-0.2, -0.15) is 0 Å². The van der Waals surface area contributed by atoms with Crippen molar-refractivity contribution in [1.82, 2.24) is 9.88 Å². The lowest BCUT2D eigenvalue weighted by molar-refractivity contribution is -0.142. The summed E-state index contributed by atoms with van der Waals surface area (Å²) in [5.41, 5.74) is 0.269. The average molecular weight is 307 g/mol. The van der Waals surface area contributed by atoms with Gasteiger partial charge in [0.1, 0.15) is 16.8 Å². The van der Waals surface area contributed by atoms with Crippen molar-refractivity contribution in [1.29, 1.82) is 0 Å². The number of aliphatic carboxylic acids is 1. The Morgan fingerprint density at radius 1 is 1.47 bits per heavy atom. The van der Waals surface area contributed by atoms with Gasteiger partial charge in [-0.05, 0) is 6.07 Å². The fraction of sp³-hybridized carbons (Fsp3) is 0.455. The lowest BCUT2D eigenvalue weighted by Gasteiger charge is -2.15. The van der Waals surface area contributed by atoms with E-state index in [4.69, 9.17) is 33.0 Å². The molecule has 0 aromatic carbocycles. The van der Waals surface area contributed by atoms with Crippen molar-refractivity contribution in [3.05, 3.63) is 21.9 Å². The first-order valence-electron chi connectivity index (χ1n) is 5.54. The molecular weight excluding hydrogens is 295 g/mol. The molecule has 0 saturated carbocycles. The summed E-state index contributed by atoms with van der Waals surface area (Å²) in [6.07, 6.45) is 0. The molecule has 1 aromatic heterocycles. The number of carbonyl (C=O) groups excluding carboxylic acids is 1. The third-order valence-corrected chi connectivity index (χ3v) is 3.91. The molecule has 1 aliphatic rings. The van der Waals surface area contributed by atoms with E-state index >= 15 is 0 Å². The molecule has 0 aliphatic carbocycles. The number of hydrogen-bond acceptors (Lipinski definition) is 3. The summed E-state index contributed by atoms with van der Waals surface area (Å²) in [6.45, 7) is 0.267. The van der Waals surface area contributed by atoms with Crippen LogP contribution in [0.25, 0.3) is 0 Å². The standard InChI is InChI=1S/C11H12Cl2N2O4/c1-15-8(2-6(12)9(15)13)10(16)14-7-4-19-3-5(7)11(17)18/h2,5,7H,3-4H2,1H3,(H,14,16)(H,17,18). The van der Waals surface area contributed by atoms with Crippen molar-refractivity contribution < 1.29 is 19.4 Å². The van der Waals surface area contributed by atoms with Gasteiger partial charge >= 0.3 is 5.97 Å². The molecule has 1 saturated heterocycles. The maximum Gasteiger partial charge on any atom is 0.311 e. The van der Waals surface area contributed by atoms with E-state index in [1.165, 1.54) is 10.6 Å². The predicted octanol–water partition coefficient (Wildman–Crippen LogP) is 1.16. The minimum absolute atomic E-state index is 0.0922. The fourth-order valence-corrected chi connectivity index (χ4v) is 2.32. The average Bonchev–Trinajstić information content (AvgIpc) is 2.90. The molecule has 19 heavy (non-hydrogen) atoms. The quantitative estimate of drug-likeness (QED) is 0.878. The number of amides is 1. The number of carboxylic acid groups (broad SMARTS) is 1. The summed E-state index contributed by atoms with van der Waals surface area (Å²) < 4.78 is 6.51. The first-order chi connectivity index (χ1) is 8.91. The van der Waals surface area contributed by atoms with Crippen molar-refractivity contribution >= 4 is 35.1 Å². The van der Waals surface area contributed by atoms with Gasteiger partial charge in [-0.15, -0.1) is 0 Å². The molecule has 1 aliphatic heterocycles. The molecule has 0 spiro atoms. The predicted molar refractivity (Wildman–Crippen MR) is 68.6 cm³/mol. The Balaban J connectivity index is 2.13. The largest absolute Gasteiger partial charge is 0.481 e. The summed E-state index contributed by atoms with van der Waals surface area (Å²) in [6, 6.07) is 0.877. The van der Waals surface area contributed by atoms with Gasteiger partial charge in [0.2, 0.25) is 0 Å². The van der Waals surface area contributed by atoms with Gasteiger partial charge in [0.15, 0.2) is 0 Å². The van der Waals surface area contributed by atoms with Gasteiger partial charge in [0.25, 0.3) is 5.91 Å². The van der Waals surface area contributed by atoms with E-state index in [1.54, 1.807) is 7.05 Å². The van der Waals surface area contributed by atoms with Gasteiger partial charge < -0.3 is 19.7 Å². The zero-order valence-corrected chi connectivity index (χ0v) is 11.5. The number of ether oxygens (including phenoxy) is 1. The minimum atomic E-state index is -0.995. The molecule has 1 amide bonds. The highest BCUT2D eigenvalue weighted by Crippen LogP contribution is 2.25. The SMILES string of the molecule is Cn1c(C(=O)NC2COCC2C(=O)O)cc(Cl)c1Cl.